The molecule has 1 unspecified atom stereocenters. The van der Waals surface area contributed by atoms with Crippen molar-refractivity contribution in [2.75, 3.05) is 7.11 Å². The van der Waals surface area contributed by atoms with Crippen molar-refractivity contribution in [2.24, 2.45) is 0 Å². The van der Waals surface area contributed by atoms with E-state index in [-0.39, 0.29) is 28.9 Å². The third kappa shape index (κ3) is 3.39. The van der Waals surface area contributed by atoms with E-state index in [0.717, 1.165) is 16.7 Å². The van der Waals surface area contributed by atoms with Crippen LogP contribution in [0.15, 0.2) is 69.9 Å². The van der Waals surface area contributed by atoms with Crippen LogP contribution in [0.4, 0.5) is 4.39 Å². The molecule has 3 aromatic carbocycles. The summed E-state index contributed by atoms with van der Waals surface area (Å²) in [5.74, 6) is -0.263. The zero-order valence-corrected chi connectivity index (χ0v) is 18.5. The van der Waals surface area contributed by atoms with Crippen LogP contribution in [0.25, 0.3) is 11.0 Å². The Morgan fingerprint density at radius 1 is 1.00 bits per heavy atom. The van der Waals surface area contributed by atoms with Crippen molar-refractivity contribution in [3.8, 4) is 5.75 Å². The second-order valence-electron chi connectivity index (χ2n) is 8.31. The number of ether oxygens (including phenoxy) is 1. The van der Waals surface area contributed by atoms with Crippen molar-refractivity contribution in [2.45, 2.75) is 26.4 Å². The van der Waals surface area contributed by atoms with E-state index in [9.17, 15) is 14.0 Å². The van der Waals surface area contributed by atoms with Crippen LogP contribution in [0.3, 0.4) is 0 Å². The summed E-state index contributed by atoms with van der Waals surface area (Å²) in [7, 11) is 1.58. The van der Waals surface area contributed by atoms with Gasteiger partial charge in [-0.15, -0.1) is 0 Å². The van der Waals surface area contributed by atoms with Crippen LogP contribution in [0, 0.1) is 19.7 Å². The molecule has 33 heavy (non-hydrogen) atoms. The number of carbonyl (C=O) groups excluding carboxylic acids is 1. The third-order valence-corrected chi connectivity index (χ3v) is 6.29. The summed E-state index contributed by atoms with van der Waals surface area (Å²) >= 11 is 0. The Balaban J connectivity index is 1.72. The molecule has 0 bridgehead atoms. The van der Waals surface area contributed by atoms with Crippen molar-refractivity contribution in [1.29, 1.82) is 0 Å². The Bertz CT molecular complexity index is 1460. The molecule has 5 rings (SSSR count). The van der Waals surface area contributed by atoms with Gasteiger partial charge in [0.25, 0.3) is 5.91 Å². The van der Waals surface area contributed by atoms with Gasteiger partial charge in [0, 0.05) is 12.1 Å². The minimum absolute atomic E-state index is 0.0301. The average Bonchev–Trinajstić information content (AvgIpc) is 3.08. The summed E-state index contributed by atoms with van der Waals surface area (Å²) in [5.41, 5.74) is 3.19. The van der Waals surface area contributed by atoms with Gasteiger partial charge >= 0.3 is 0 Å². The number of halogens is 1. The highest BCUT2D eigenvalue weighted by molar-refractivity contribution is 5.99. The average molecular weight is 443 g/mol. The fourth-order valence-electron chi connectivity index (χ4n) is 4.39. The van der Waals surface area contributed by atoms with Crippen LogP contribution in [-0.2, 0) is 6.54 Å². The van der Waals surface area contributed by atoms with E-state index in [4.69, 9.17) is 9.15 Å². The number of amides is 1. The Labute approximate surface area is 190 Å². The maximum Gasteiger partial charge on any atom is 0.291 e. The summed E-state index contributed by atoms with van der Waals surface area (Å²) in [5, 5.41) is 0.386. The van der Waals surface area contributed by atoms with E-state index in [1.165, 1.54) is 11.0 Å². The predicted octanol–water partition coefficient (Wildman–Crippen LogP) is 5.30. The number of carbonyl (C=O) groups is 1. The highest BCUT2D eigenvalue weighted by Gasteiger charge is 2.43. The predicted molar refractivity (Wildman–Crippen MR) is 123 cm³/mol. The number of nitrogens with zero attached hydrogens (tertiary/aromatic N) is 1. The quantitative estimate of drug-likeness (QED) is 0.429. The SMILES string of the molecule is COc1ccc(CN2C(=O)c3oc4cc(C)c(C)cc4c(=O)c3C2c2ccccc2F)cc1. The first kappa shape index (κ1) is 20.9. The lowest BCUT2D eigenvalue weighted by Crippen LogP contribution is -2.29. The van der Waals surface area contributed by atoms with Crippen LogP contribution in [-0.4, -0.2) is 17.9 Å². The molecule has 4 aromatic rings. The molecule has 5 nitrogen and oxygen atoms in total. The largest absolute Gasteiger partial charge is 0.497 e. The molecule has 0 aliphatic carbocycles. The third-order valence-electron chi connectivity index (χ3n) is 6.29. The molecule has 0 N–H and O–H groups in total. The van der Waals surface area contributed by atoms with Crippen LogP contribution >= 0.6 is 0 Å². The first-order valence-corrected chi connectivity index (χ1v) is 10.7. The van der Waals surface area contributed by atoms with Crippen LogP contribution in [0.5, 0.6) is 5.75 Å². The van der Waals surface area contributed by atoms with Gasteiger partial charge in [0.2, 0.25) is 5.76 Å². The van der Waals surface area contributed by atoms with Crippen molar-refractivity contribution in [3.05, 3.63) is 110 Å². The molecule has 1 aliphatic heterocycles. The van der Waals surface area contributed by atoms with Crippen molar-refractivity contribution in [1.82, 2.24) is 4.90 Å². The Morgan fingerprint density at radius 3 is 2.39 bits per heavy atom. The number of fused-ring (bicyclic) bond motifs is 2. The standard InChI is InChI=1S/C27H22FNO4/c1-15-12-20-22(13-16(15)2)33-26-23(25(20)30)24(19-6-4-5-7-21(19)28)29(27(26)31)14-17-8-10-18(32-3)11-9-17/h4-13,24H,14H2,1-3H3. The molecular weight excluding hydrogens is 421 g/mol. The normalized spacial score (nSPS) is 15.2. The monoisotopic (exact) mass is 443 g/mol. The fraction of sp³-hybridized carbons (Fsp3) is 0.185. The molecule has 0 saturated heterocycles. The van der Waals surface area contributed by atoms with E-state index in [2.05, 4.69) is 0 Å². The molecule has 0 saturated carbocycles. The maximum atomic E-state index is 14.9. The number of rotatable bonds is 4. The van der Waals surface area contributed by atoms with Crippen molar-refractivity contribution >= 4 is 16.9 Å². The number of methoxy groups -OCH3 is 1. The van der Waals surface area contributed by atoms with Gasteiger partial charge in [0.05, 0.1) is 24.1 Å². The summed E-state index contributed by atoms with van der Waals surface area (Å²) in [6.45, 7) is 4.01. The summed E-state index contributed by atoms with van der Waals surface area (Å²) in [6, 6.07) is 16.1. The fourth-order valence-corrected chi connectivity index (χ4v) is 4.39. The molecule has 1 amide bonds. The molecule has 166 valence electrons. The lowest BCUT2D eigenvalue weighted by atomic mass is 9.97. The topological polar surface area (TPSA) is 59.8 Å². The zero-order chi connectivity index (χ0) is 23.3. The van der Waals surface area contributed by atoms with Crippen LogP contribution in [0.1, 0.15) is 44.4 Å². The van der Waals surface area contributed by atoms with Gasteiger partial charge in [-0.2, -0.15) is 0 Å². The highest BCUT2D eigenvalue weighted by Crippen LogP contribution is 2.40. The molecule has 1 aromatic heterocycles. The van der Waals surface area contributed by atoms with Gasteiger partial charge in [0.15, 0.2) is 5.43 Å². The Morgan fingerprint density at radius 2 is 1.70 bits per heavy atom. The van der Waals surface area contributed by atoms with Crippen molar-refractivity contribution in [3.63, 3.8) is 0 Å². The molecule has 1 aliphatic rings. The number of hydrogen-bond donors (Lipinski definition) is 0. The summed E-state index contributed by atoms with van der Waals surface area (Å²) in [4.78, 5) is 28.6. The zero-order valence-electron chi connectivity index (χ0n) is 18.5. The minimum atomic E-state index is -0.891. The smallest absolute Gasteiger partial charge is 0.291 e. The Hall–Kier alpha value is -3.93. The number of benzene rings is 3. The molecule has 2 heterocycles. The van der Waals surface area contributed by atoms with Crippen molar-refractivity contribution < 1.29 is 18.3 Å². The van der Waals surface area contributed by atoms with E-state index in [1.807, 2.05) is 26.0 Å². The second kappa shape index (κ2) is 7.89. The molecule has 0 spiro atoms. The lowest BCUT2D eigenvalue weighted by molar-refractivity contribution is 0.0712. The highest BCUT2D eigenvalue weighted by atomic mass is 19.1. The van der Waals surface area contributed by atoms with Gasteiger partial charge in [-0.05, 0) is 60.9 Å². The van der Waals surface area contributed by atoms with Gasteiger partial charge in [-0.25, -0.2) is 4.39 Å². The van der Waals surface area contributed by atoms with E-state index >= 15 is 0 Å². The van der Waals surface area contributed by atoms with Gasteiger partial charge in [0.1, 0.15) is 17.1 Å². The molecule has 0 radical (unpaired) electrons. The molecule has 6 heteroatoms. The van der Waals surface area contributed by atoms with E-state index in [0.29, 0.717) is 16.7 Å². The van der Waals surface area contributed by atoms with Gasteiger partial charge < -0.3 is 14.1 Å². The molecular formula is C27H22FNO4. The van der Waals surface area contributed by atoms with E-state index in [1.54, 1.807) is 49.6 Å². The van der Waals surface area contributed by atoms with Crippen LogP contribution < -0.4 is 10.2 Å². The molecule has 1 atom stereocenters. The maximum absolute atomic E-state index is 14.9. The minimum Gasteiger partial charge on any atom is -0.497 e. The van der Waals surface area contributed by atoms with Crippen LogP contribution in [0.2, 0.25) is 0 Å². The summed E-state index contributed by atoms with van der Waals surface area (Å²) < 4.78 is 26.2. The Kier molecular flexibility index (Phi) is 5.01. The second-order valence-corrected chi connectivity index (χ2v) is 8.31. The lowest BCUT2D eigenvalue weighted by Gasteiger charge is -2.25. The van der Waals surface area contributed by atoms with E-state index < -0.39 is 17.8 Å². The number of hydrogen-bond acceptors (Lipinski definition) is 4. The first-order chi connectivity index (χ1) is 15.9. The summed E-state index contributed by atoms with van der Waals surface area (Å²) in [6.07, 6.45) is 0. The van der Waals surface area contributed by atoms with Gasteiger partial charge in [-0.1, -0.05) is 30.3 Å². The first-order valence-electron chi connectivity index (χ1n) is 10.7. The number of aryl methyl sites for hydroxylation is 2. The van der Waals surface area contributed by atoms with Gasteiger partial charge in [-0.3, -0.25) is 9.59 Å². The molecule has 0 fully saturated rings.